The molecule has 6 heteroatoms. The highest BCUT2D eigenvalue weighted by Crippen LogP contribution is 2.28. The van der Waals surface area contributed by atoms with Gasteiger partial charge in [-0.2, -0.15) is 11.8 Å². The molecule has 0 spiro atoms. The standard InChI is InChI=1S/C11H24N2O2S2/c1-4-12-8-9(2)17(14,15)13-10-5-6-11(7-10)16-3/h9-13H,4-8H2,1-3H3. The Morgan fingerprint density at radius 1 is 1.41 bits per heavy atom. The third kappa shape index (κ3) is 4.77. The van der Waals surface area contributed by atoms with Crippen molar-refractivity contribution < 1.29 is 8.42 Å². The minimum Gasteiger partial charge on any atom is -0.316 e. The lowest BCUT2D eigenvalue weighted by molar-refractivity contribution is 0.535. The van der Waals surface area contributed by atoms with Crippen molar-refractivity contribution in [2.75, 3.05) is 19.3 Å². The summed E-state index contributed by atoms with van der Waals surface area (Å²) in [4.78, 5) is 0. The first-order valence-corrected chi connectivity index (χ1v) is 9.07. The van der Waals surface area contributed by atoms with Gasteiger partial charge in [-0.25, -0.2) is 13.1 Å². The van der Waals surface area contributed by atoms with Crippen LogP contribution < -0.4 is 10.0 Å². The van der Waals surface area contributed by atoms with E-state index in [1.54, 1.807) is 6.92 Å². The number of hydrogen-bond donors (Lipinski definition) is 2. The Morgan fingerprint density at radius 3 is 2.65 bits per heavy atom. The lowest BCUT2D eigenvalue weighted by Crippen LogP contribution is -2.42. The van der Waals surface area contributed by atoms with Crippen LogP contribution in [0.15, 0.2) is 0 Å². The minimum absolute atomic E-state index is 0.140. The van der Waals surface area contributed by atoms with E-state index in [-0.39, 0.29) is 11.3 Å². The van der Waals surface area contributed by atoms with Gasteiger partial charge < -0.3 is 5.32 Å². The van der Waals surface area contributed by atoms with E-state index in [9.17, 15) is 8.42 Å². The predicted octanol–water partition coefficient (Wildman–Crippen LogP) is 1.19. The molecule has 0 aliphatic heterocycles. The van der Waals surface area contributed by atoms with Crippen LogP contribution >= 0.6 is 11.8 Å². The van der Waals surface area contributed by atoms with Crippen LogP contribution in [0.3, 0.4) is 0 Å². The number of thioether (sulfide) groups is 1. The Balaban J connectivity index is 2.44. The van der Waals surface area contributed by atoms with Crippen molar-refractivity contribution >= 4 is 21.8 Å². The average Bonchev–Trinajstić information content (AvgIpc) is 2.72. The van der Waals surface area contributed by atoms with Gasteiger partial charge in [-0.05, 0) is 39.0 Å². The van der Waals surface area contributed by atoms with Crippen molar-refractivity contribution in [2.45, 2.75) is 49.7 Å². The molecule has 1 aliphatic carbocycles. The van der Waals surface area contributed by atoms with Crippen LogP contribution in [0.5, 0.6) is 0 Å². The first-order valence-electron chi connectivity index (χ1n) is 6.24. The zero-order valence-electron chi connectivity index (χ0n) is 10.9. The van der Waals surface area contributed by atoms with Gasteiger partial charge in [-0.15, -0.1) is 0 Å². The molecule has 102 valence electrons. The fourth-order valence-electron chi connectivity index (χ4n) is 2.07. The second kappa shape index (κ2) is 6.97. The van der Waals surface area contributed by atoms with Crippen LogP contribution in [0.25, 0.3) is 0 Å². The summed E-state index contributed by atoms with van der Waals surface area (Å²) in [6.07, 6.45) is 5.15. The molecule has 2 N–H and O–H groups in total. The summed E-state index contributed by atoms with van der Waals surface area (Å²) in [5, 5.41) is 3.33. The molecule has 0 aromatic heterocycles. The Kier molecular flexibility index (Phi) is 6.26. The van der Waals surface area contributed by atoms with Gasteiger partial charge in [0, 0.05) is 17.8 Å². The van der Waals surface area contributed by atoms with Gasteiger partial charge in [-0.1, -0.05) is 6.92 Å². The SMILES string of the molecule is CCNCC(C)S(=O)(=O)NC1CCC(SC)C1. The topological polar surface area (TPSA) is 58.2 Å². The van der Waals surface area contributed by atoms with E-state index in [1.807, 2.05) is 18.7 Å². The molecule has 0 aromatic carbocycles. The summed E-state index contributed by atoms with van der Waals surface area (Å²) in [5.74, 6) is 0. The smallest absolute Gasteiger partial charge is 0.215 e. The third-order valence-corrected chi connectivity index (χ3v) is 6.24. The summed E-state index contributed by atoms with van der Waals surface area (Å²) in [7, 11) is -3.17. The van der Waals surface area contributed by atoms with E-state index in [1.165, 1.54) is 0 Å². The molecular formula is C11H24N2O2S2. The van der Waals surface area contributed by atoms with Crippen molar-refractivity contribution in [1.82, 2.24) is 10.0 Å². The van der Waals surface area contributed by atoms with Crippen molar-refractivity contribution in [3.05, 3.63) is 0 Å². The number of sulfonamides is 1. The largest absolute Gasteiger partial charge is 0.316 e. The molecule has 0 saturated heterocycles. The first-order chi connectivity index (χ1) is 7.99. The van der Waals surface area contributed by atoms with Crippen LogP contribution in [0, 0.1) is 0 Å². The number of rotatable bonds is 7. The van der Waals surface area contributed by atoms with Crippen molar-refractivity contribution in [1.29, 1.82) is 0 Å². The Bertz CT molecular complexity index is 319. The molecular weight excluding hydrogens is 256 g/mol. The molecule has 3 atom stereocenters. The quantitative estimate of drug-likeness (QED) is 0.735. The second-order valence-electron chi connectivity index (χ2n) is 4.65. The maximum atomic E-state index is 12.0. The first kappa shape index (κ1) is 15.3. The molecule has 17 heavy (non-hydrogen) atoms. The molecule has 0 radical (unpaired) electrons. The Morgan fingerprint density at radius 2 is 2.12 bits per heavy atom. The molecule has 3 unspecified atom stereocenters. The van der Waals surface area contributed by atoms with Gasteiger partial charge >= 0.3 is 0 Å². The molecule has 1 saturated carbocycles. The van der Waals surface area contributed by atoms with E-state index >= 15 is 0 Å². The van der Waals surface area contributed by atoms with Crippen molar-refractivity contribution in [2.24, 2.45) is 0 Å². The van der Waals surface area contributed by atoms with Gasteiger partial charge in [0.1, 0.15) is 0 Å². The lowest BCUT2D eigenvalue weighted by Gasteiger charge is -2.18. The van der Waals surface area contributed by atoms with Crippen LogP contribution in [0.2, 0.25) is 0 Å². The van der Waals surface area contributed by atoms with E-state index in [2.05, 4.69) is 16.3 Å². The molecule has 4 nitrogen and oxygen atoms in total. The van der Waals surface area contributed by atoms with Crippen LogP contribution in [0.4, 0.5) is 0 Å². The number of nitrogens with one attached hydrogen (secondary N) is 2. The van der Waals surface area contributed by atoms with E-state index in [4.69, 9.17) is 0 Å². The highest BCUT2D eigenvalue weighted by molar-refractivity contribution is 7.99. The highest BCUT2D eigenvalue weighted by atomic mass is 32.2. The monoisotopic (exact) mass is 280 g/mol. The summed E-state index contributed by atoms with van der Waals surface area (Å²) in [6, 6.07) is 0.140. The predicted molar refractivity (Wildman–Crippen MR) is 75.0 cm³/mol. The molecule has 0 bridgehead atoms. The average molecular weight is 280 g/mol. The second-order valence-corrected chi connectivity index (χ2v) is 7.92. The normalized spacial score (nSPS) is 27.2. The Hall–Kier alpha value is 0.220. The molecule has 1 fully saturated rings. The van der Waals surface area contributed by atoms with Crippen LogP contribution in [-0.2, 0) is 10.0 Å². The number of hydrogen-bond acceptors (Lipinski definition) is 4. The van der Waals surface area contributed by atoms with Crippen LogP contribution in [0.1, 0.15) is 33.1 Å². The molecule has 1 aliphatic rings. The van der Waals surface area contributed by atoms with Gasteiger partial charge in [-0.3, -0.25) is 0 Å². The zero-order valence-corrected chi connectivity index (χ0v) is 12.5. The fourth-order valence-corrected chi connectivity index (χ4v) is 4.11. The minimum atomic E-state index is -3.17. The van der Waals surface area contributed by atoms with E-state index in [0.717, 1.165) is 25.8 Å². The zero-order chi connectivity index (χ0) is 12.9. The molecule has 0 aromatic rings. The molecule has 1 rings (SSSR count). The molecule has 0 heterocycles. The molecule has 0 amide bonds. The Labute approximate surface area is 109 Å². The van der Waals surface area contributed by atoms with Gasteiger partial charge in [0.2, 0.25) is 10.0 Å². The van der Waals surface area contributed by atoms with Crippen molar-refractivity contribution in [3.8, 4) is 0 Å². The van der Waals surface area contributed by atoms with Crippen molar-refractivity contribution in [3.63, 3.8) is 0 Å². The van der Waals surface area contributed by atoms with Gasteiger partial charge in [0.25, 0.3) is 0 Å². The van der Waals surface area contributed by atoms with Gasteiger partial charge in [0.15, 0.2) is 0 Å². The third-order valence-electron chi connectivity index (χ3n) is 3.26. The maximum absolute atomic E-state index is 12.0. The van der Waals surface area contributed by atoms with E-state index in [0.29, 0.717) is 11.8 Å². The van der Waals surface area contributed by atoms with Gasteiger partial charge in [0.05, 0.1) is 5.25 Å². The lowest BCUT2D eigenvalue weighted by atomic mass is 10.3. The van der Waals surface area contributed by atoms with Crippen LogP contribution in [-0.4, -0.2) is 44.3 Å². The highest BCUT2D eigenvalue weighted by Gasteiger charge is 2.29. The summed E-state index contributed by atoms with van der Waals surface area (Å²) in [6.45, 7) is 5.06. The van der Waals surface area contributed by atoms with E-state index < -0.39 is 10.0 Å². The summed E-state index contributed by atoms with van der Waals surface area (Å²) < 4.78 is 26.9. The fraction of sp³-hybridized carbons (Fsp3) is 1.00. The summed E-state index contributed by atoms with van der Waals surface area (Å²) >= 11 is 1.84. The summed E-state index contributed by atoms with van der Waals surface area (Å²) in [5.41, 5.74) is 0. The maximum Gasteiger partial charge on any atom is 0.215 e.